The predicted octanol–water partition coefficient (Wildman–Crippen LogP) is 1.73. The molecule has 0 spiro atoms. The Morgan fingerprint density at radius 2 is 2.00 bits per heavy atom. The molecule has 98 valence electrons. The first-order valence-corrected chi connectivity index (χ1v) is 6.30. The van der Waals surface area contributed by atoms with Gasteiger partial charge in [0.15, 0.2) is 0 Å². The van der Waals surface area contributed by atoms with Gasteiger partial charge in [-0.05, 0) is 31.1 Å². The van der Waals surface area contributed by atoms with Crippen molar-refractivity contribution in [3.63, 3.8) is 0 Å². The van der Waals surface area contributed by atoms with Crippen molar-refractivity contribution in [2.75, 3.05) is 6.54 Å². The van der Waals surface area contributed by atoms with Crippen molar-refractivity contribution in [1.29, 1.82) is 0 Å². The molecule has 0 bridgehead atoms. The molecule has 3 N–H and O–H groups in total. The molecule has 1 saturated carbocycles. The molecule has 0 aromatic carbocycles. The summed E-state index contributed by atoms with van der Waals surface area (Å²) in [6.45, 7) is 4.53. The summed E-state index contributed by atoms with van der Waals surface area (Å²) in [5, 5.41) is 14.0. The maximum atomic E-state index is 11.5. The van der Waals surface area contributed by atoms with Gasteiger partial charge >= 0.3 is 12.0 Å². The Morgan fingerprint density at radius 3 is 2.41 bits per heavy atom. The van der Waals surface area contributed by atoms with Crippen molar-refractivity contribution in [2.45, 2.75) is 52.0 Å². The maximum absolute atomic E-state index is 11.5. The third-order valence-electron chi connectivity index (χ3n) is 3.37. The zero-order valence-electron chi connectivity index (χ0n) is 10.6. The lowest BCUT2D eigenvalue weighted by molar-refractivity contribution is -0.139. The number of rotatable bonds is 7. The van der Waals surface area contributed by atoms with Crippen LogP contribution in [0.5, 0.6) is 0 Å². The van der Waals surface area contributed by atoms with Gasteiger partial charge in [-0.2, -0.15) is 0 Å². The number of amides is 2. The molecule has 1 aliphatic rings. The van der Waals surface area contributed by atoms with E-state index in [0.29, 0.717) is 13.0 Å². The van der Waals surface area contributed by atoms with Gasteiger partial charge in [-0.15, -0.1) is 0 Å². The van der Waals surface area contributed by atoms with Gasteiger partial charge in [0.25, 0.3) is 0 Å². The molecule has 1 rings (SSSR count). The number of aliphatic carboxylic acids is 1. The minimum absolute atomic E-state index is 0.289. The fraction of sp³-hybridized carbons (Fsp3) is 0.833. The van der Waals surface area contributed by atoms with Crippen molar-refractivity contribution >= 4 is 12.0 Å². The van der Waals surface area contributed by atoms with Gasteiger partial charge in [-0.3, -0.25) is 0 Å². The molecule has 5 nitrogen and oxygen atoms in total. The highest BCUT2D eigenvalue weighted by molar-refractivity contribution is 5.82. The Hall–Kier alpha value is -1.26. The minimum atomic E-state index is -0.989. The molecule has 1 aliphatic carbocycles. The standard InChI is InChI=1S/C12H22N2O3/c1-3-5-12(6-7-12)8-13-11(17)14-9(4-2)10(15)16/h9H,3-8H2,1-2H3,(H,15,16)(H2,13,14,17)/t9-/m1/s1. The van der Waals surface area contributed by atoms with Crippen LogP contribution in [0.4, 0.5) is 4.79 Å². The molecule has 0 aromatic heterocycles. The van der Waals surface area contributed by atoms with Crippen molar-refractivity contribution in [1.82, 2.24) is 10.6 Å². The number of hydrogen-bond donors (Lipinski definition) is 3. The Balaban J connectivity index is 2.28. The van der Waals surface area contributed by atoms with Crippen LogP contribution in [0.2, 0.25) is 0 Å². The molecule has 0 radical (unpaired) electrons. The Morgan fingerprint density at radius 1 is 1.35 bits per heavy atom. The lowest BCUT2D eigenvalue weighted by Gasteiger charge is -2.17. The average molecular weight is 242 g/mol. The van der Waals surface area contributed by atoms with E-state index in [4.69, 9.17) is 5.11 Å². The second-order valence-corrected chi connectivity index (χ2v) is 4.88. The smallest absolute Gasteiger partial charge is 0.326 e. The van der Waals surface area contributed by atoms with E-state index in [2.05, 4.69) is 17.6 Å². The first kappa shape index (κ1) is 13.8. The second kappa shape index (κ2) is 5.89. The van der Waals surface area contributed by atoms with Gasteiger partial charge in [0.2, 0.25) is 0 Å². The summed E-state index contributed by atoms with van der Waals surface area (Å²) in [6.07, 6.45) is 4.97. The number of carbonyl (C=O) groups is 2. The first-order chi connectivity index (χ1) is 8.03. The van der Waals surface area contributed by atoms with E-state index in [1.54, 1.807) is 6.92 Å². The molecular formula is C12H22N2O3. The van der Waals surface area contributed by atoms with Crippen LogP contribution >= 0.6 is 0 Å². The van der Waals surface area contributed by atoms with Crippen LogP contribution in [0.15, 0.2) is 0 Å². The van der Waals surface area contributed by atoms with E-state index in [1.807, 2.05) is 0 Å². The third kappa shape index (κ3) is 4.24. The quantitative estimate of drug-likeness (QED) is 0.636. The van der Waals surface area contributed by atoms with E-state index in [-0.39, 0.29) is 11.4 Å². The molecule has 0 saturated heterocycles. The lowest BCUT2D eigenvalue weighted by Crippen LogP contribution is -2.47. The van der Waals surface area contributed by atoms with Crippen LogP contribution in [0.25, 0.3) is 0 Å². The molecule has 1 fully saturated rings. The van der Waals surface area contributed by atoms with Crippen LogP contribution < -0.4 is 10.6 Å². The van der Waals surface area contributed by atoms with Gasteiger partial charge in [0, 0.05) is 6.54 Å². The van der Waals surface area contributed by atoms with Gasteiger partial charge in [-0.1, -0.05) is 20.3 Å². The number of carbonyl (C=O) groups excluding carboxylic acids is 1. The average Bonchev–Trinajstić information content (AvgIpc) is 3.04. The minimum Gasteiger partial charge on any atom is -0.480 e. The molecule has 0 heterocycles. The maximum Gasteiger partial charge on any atom is 0.326 e. The monoisotopic (exact) mass is 242 g/mol. The fourth-order valence-electron chi connectivity index (χ4n) is 2.04. The molecular weight excluding hydrogens is 220 g/mol. The van der Waals surface area contributed by atoms with Gasteiger partial charge in [-0.25, -0.2) is 9.59 Å². The SMILES string of the molecule is CCCC1(CNC(=O)N[C@H](CC)C(=O)O)CC1. The normalized spacial score (nSPS) is 18.2. The molecule has 0 unspecified atom stereocenters. The summed E-state index contributed by atoms with van der Waals surface area (Å²) in [7, 11) is 0. The summed E-state index contributed by atoms with van der Waals surface area (Å²) in [5.74, 6) is -0.989. The number of hydrogen-bond acceptors (Lipinski definition) is 2. The van der Waals surface area contributed by atoms with Gasteiger partial charge in [0.05, 0.1) is 0 Å². The molecule has 17 heavy (non-hydrogen) atoms. The molecule has 2 amide bonds. The van der Waals surface area contributed by atoms with Crippen molar-refractivity contribution in [2.24, 2.45) is 5.41 Å². The predicted molar refractivity (Wildman–Crippen MR) is 64.8 cm³/mol. The van der Waals surface area contributed by atoms with E-state index >= 15 is 0 Å². The highest BCUT2D eigenvalue weighted by Gasteiger charge is 2.41. The molecule has 0 aliphatic heterocycles. The number of carboxylic acid groups (broad SMARTS) is 1. The summed E-state index contributed by atoms with van der Waals surface area (Å²) < 4.78 is 0. The number of urea groups is 1. The summed E-state index contributed by atoms with van der Waals surface area (Å²) in [4.78, 5) is 22.2. The molecule has 5 heteroatoms. The number of nitrogens with one attached hydrogen (secondary N) is 2. The molecule has 1 atom stereocenters. The Bertz CT molecular complexity index is 287. The summed E-state index contributed by atoms with van der Waals surface area (Å²) in [6, 6.07) is -1.17. The zero-order chi connectivity index (χ0) is 12.9. The van der Waals surface area contributed by atoms with Crippen molar-refractivity contribution < 1.29 is 14.7 Å². The zero-order valence-corrected chi connectivity index (χ0v) is 10.6. The van der Waals surface area contributed by atoms with Crippen LogP contribution in [0, 0.1) is 5.41 Å². The van der Waals surface area contributed by atoms with Crippen LogP contribution in [0.3, 0.4) is 0 Å². The molecule has 0 aromatic rings. The van der Waals surface area contributed by atoms with Gasteiger partial charge < -0.3 is 15.7 Å². The van der Waals surface area contributed by atoms with E-state index in [9.17, 15) is 9.59 Å². The van der Waals surface area contributed by atoms with Crippen LogP contribution in [-0.4, -0.2) is 29.7 Å². The lowest BCUT2D eigenvalue weighted by atomic mass is 10.0. The highest BCUT2D eigenvalue weighted by Crippen LogP contribution is 2.48. The van der Waals surface area contributed by atoms with Crippen LogP contribution in [-0.2, 0) is 4.79 Å². The Labute approximate surface area is 102 Å². The fourth-order valence-corrected chi connectivity index (χ4v) is 2.04. The van der Waals surface area contributed by atoms with E-state index in [1.165, 1.54) is 0 Å². The highest BCUT2D eigenvalue weighted by atomic mass is 16.4. The van der Waals surface area contributed by atoms with E-state index < -0.39 is 12.0 Å². The topological polar surface area (TPSA) is 78.4 Å². The van der Waals surface area contributed by atoms with Crippen molar-refractivity contribution in [3.05, 3.63) is 0 Å². The summed E-state index contributed by atoms with van der Waals surface area (Å²) in [5.41, 5.74) is 0.289. The van der Waals surface area contributed by atoms with E-state index in [0.717, 1.165) is 25.7 Å². The van der Waals surface area contributed by atoms with Crippen molar-refractivity contribution in [3.8, 4) is 0 Å². The van der Waals surface area contributed by atoms with Crippen LogP contribution in [0.1, 0.15) is 46.0 Å². The first-order valence-electron chi connectivity index (χ1n) is 6.30. The summed E-state index contributed by atoms with van der Waals surface area (Å²) >= 11 is 0. The van der Waals surface area contributed by atoms with Gasteiger partial charge in [0.1, 0.15) is 6.04 Å². The Kier molecular flexibility index (Phi) is 4.78. The third-order valence-corrected chi connectivity index (χ3v) is 3.37. The second-order valence-electron chi connectivity index (χ2n) is 4.88. The number of carboxylic acids is 1. The largest absolute Gasteiger partial charge is 0.480 e.